The number of hydrogen-bond donors (Lipinski definition) is 3. The first-order valence-electron chi connectivity index (χ1n) is 10.7. The van der Waals surface area contributed by atoms with Crippen molar-refractivity contribution in [3.63, 3.8) is 0 Å². The van der Waals surface area contributed by atoms with Gasteiger partial charge in [-0.2, -0.15) is 0 Å². The van der Waals surface area contributed by atoms with Gasteiger partial charge in [0.25, 0.3) is 0 Å². The summed E-state index contributed by atoms with van der Waals surface area (Å²) in [5.74, 6) is 0.849. The number of carbonyl (C=O) groups is 2. The summed E-state index contributed by atoms with van der Waals surface area (Å²) in [6, 6.07) is 13.8. The molecule has 0 unspecified atom stereocenters. The van der Waals surface area contributed by atoms with Gasteiger partial charge in [-0.1, -0.05) is 30.3 Å². The van der Waals surface area contributed by atoms with Crippen LogP contribution in [0.5, 0.6) is 11.5 Å². The molecular weight excluding hydrogens is 410 g/mol. The summed E-state index contributed by atoms with van der Waals surface area (Å²) in [4.78, 5) is 25.3. The molecule has 1 aliphatic rings. The number of esters is 1. The van der Waals surface area contributed by atoms with Crippen molar-refractivity contribution in [2.24, 2.45) is 0 Å². The van der Waals surface area contributed by atoms with Gasteiger partial charge in [0.2, 0.25) is 0 Å². The minimum Gasteiger partial charge on any atom is -0.494 e. The number of urea groups is 1. The molecule has 0 fully saturated rings. The number of ether oxygens (including phenoxy) is 3. The number of carbonyl (C=O) groups excluding carboxylic acids is 2. The van der Waals surface area contributed by atoms with E-state index >= 15 is 0 Å². The van der Waals surface area contributed by atoms with Crippen molar-refractivity contribution in [1.82, 2.24) is 10.6 Å². The van der Waals surface area contributed by atoms with Gasteiger partial charge in [0.15, 0.2) is 0 Å². The number of anilines is 1. The van der Waals surface area contributed by atoms with Gasteiger partial charge in [-0.25, -0.2) is 9.59 Å². The third kappa shape index (κ3) is 5.51. The van der Waals surface area contributed by atoms with Gasteiger partial charge in [-0.05, 0) is 38.5 Å². The molecule has 0 spiro atoms. The Kier molecular flexibility index (Phi) is 7.96. The van der Waals surface area contributed by atoms with Crippen LogP contribution in [-0.4, -0.2) is 38.4 Å². The first kappa shape index (κ1) is 23.0. The van der Waals surface area contributed by atoms with E-state index in [1.807, 2.05) is 62.4 Å². The van der Waals surface area contributed by atoms with E-state index < -0.39 is 18.0 Å². The fourth-order valence-corrected chi connectivity index (χ4v) is 3.47. The van der Waals surface area contributed by atoms with Gasteiger partial charge in [0.1, 0.15) is 11.5 Å². The van der Waals surface area contributed by atoms with Crippen LogP contribution in [-0.2, 0) is 9.53 Å². The summed E-state index contributed by atoms with van der Waals surface area (Å²) >= 11 is 0. The fraction of sp³-hybridized carbons (Fsp3) is 0.333. The largest absolute Gasteiger partial charge is 0.494 e. The standard InChI is InChI=1S/C24H29N3O5/c1-4-30-17-12-13-20(31-5-2)18(14-17)25-15-19-21(23(28)32-6-3)22(27-24(29)26-19)16-10-8-7-9-11-16/h7-14,22,25H,4-6,15H2,1-3H3,(H2,26,27,29)/t22-/m1/s1. The van der Waals surface area contributed by atoms with Crippen LogP contribution in [0.1, 0.15) is 32.4 Å². The third-order valence-electron chi connectivity index (χ3n) is 4.80. The highest BCUT2D eigenvalue weighted by Gasteiger charge is 2.33. The third-order valence-corrected chi connectivity index (χ3v) is 4.80. The zero-order valence-corrected chi connectivity index (χ0v) is 18.6. The molecule has 0 radical (unpaired) electrons. The molecule has 0 saturated carbocycles. The SMILES string of the molecule is CCOC(=O)C1=C(CNc2cc(OCC)ccc2OCC)NC(=O)N[C@@H]1c1ccccc1. The Morgan fingerprint density at radius 2 is 1.75 bits per heavy atom. The van der Waals surface area contributed by atoms with Crippen molar-refractivity contribution in [2.45, 2.75) is 26.8 Å². The van der Waals surface area contributed by atoms with E-state index in [9.17, 15) is 9.59 Å². The van der Waals surface area contributed by atoms with E-state index in [1.165, 1.54) is 0 Å². The number of nitrogens with one attached hydrogen (secondary N) is 3. The molecule has 0 saturated heterocycles. The van der Waals surface area contributed by atoms with Crippen LogP contribution in [0.15, 0.2) is 59.8 Å². The predicted molar refractivity (Wildman–Crippen MR) is 122 cm³/mol. The molecule has 3 N–H and O–H groups in total. The Hall–Kier alpha value is -3.68. The minimum absolute atomic E-state index is 0.181. The fourth-order valence-electron chi connectivity index (χ4n) is 3.47. The summed E-state index contributed by atoms with van der Waals surface area (Å²) < 4.78 is 16.6. The molecule has 1 aliphatic heterocycles. The molecule has 32 heavy (non-hydrogen) atoms. The van der Waals surface area contributed by atoms with Crippen molar-refractivity contribution in [3.8, 4) is 11.5 Å². The maximum Gasteiger partial charge on any atom is 0.338 e. The van der Waals surface area contributed by atoms with Gasteiger partial charge < -0.3 is 30.2 Å². The Labute approximate surface area is 187 Å². The second kappa shape index (κ2) is 11.1. The molecule has 0 bridgehead atoms. The van der Waals surface area contributed by atoms with Crippen molar-refractivity contribution in [2.75, 3.05) is 31.7 Å². The Morgan fingerprint density at radius 1 is 1.00 bits per heavy atom. The highest BCUT2D eigenvalue weighted by atomic mass is 16.5. The highest BCUT2D eigenvalue weighted by molar-refractivity contribution is 5.95. The quantitative estimate of drug-likeness (QED) is 0.488. The molecule has 2 amide bonds. The van der Waals surface area contributed by atoms with Crippen LogP contribution in [0.3, 0.4) is 0 Å². The first-order chi connectivity index (χ1) is 15.6. The molecule has 0 aliphatic carbocycles. The normalized spacial score (nSPS) is 15.5. The van der Waals surface area contributed by atoms with Gasteiger partial charge in [0.05, 0.1) is 49.4 Å². The van der Waals surface area contributed by atoms with Crippen LogP contribution >= 0.6 is 0 Å². The molecule has 2 aromatic rings. The number of amides is 2. The maximum absolute atomic E-state index is 12.9. The van der Waals surface area contributed by atoms with E-state index in [4.69, 9.17) is 14.2 Å². The van der Waals surface area contributed by atoms with Gasteiger partial charge in [0, 0.05) is 6.07 Å². The second-order valence-electron chi connectivity index (χ2n) is 6.93. The van der Waals surface area contributed by atoms with Crippen molar-refractivity contribution < 1.29 is 23.8 Å². The lowest BCUT2D eigenvalue weighted by molar-refractivity contribution is -0.139. The zero-order chi connectivity index (χ0) is 22.9. The van der Waals surface area contributed by atoms with Crippen LogP contribution in [0.2, 0.25) is 0 Å². The molecule has 0 aromatic heterocycles. The monoisotopic (exact) mass is 439 g/mol. The molecular formula is C24H29N3O5. The Morgan fingerprint density at radius 3 is 2.44 bits per heavy atom. The van der Waals surface area contributed by atoms with Crippen LogP contribution in [0, 0.1) is 0 Å². The van der Waals surface area contributed by atoms with E-state index in [2.05, 4.69) is 16.0 Å². The first-order valence-corrected chi connectivity index (χ1v) is 10.7. The lowest BCUT2D eigenvalue weighted by Crippen LogP contribution is -2.47. The smallest absolute Gasteiger partial charge is 0.338 e. The van der Waals surface area contributed by atoms with E-state index in [-0.39, 0.29) is 13.2 Å². The number of benzene rings is 2. The van der Waals surface area contributed by atoms with Crippen molar-refractivity contribution in [1.29, 1.82) is 0 Å². The highest BCUT2D eigenvalue weighted by Crippen LogP contribution is 2.31. The van der Waals surface area contributed by atoms with E-state index in [1.54, 1.807) is 6.92 Å². The average molecular weight is 440 g/mol. The molecule has 3 rings (SSSR count). The predicted octanol–water partition coefficient (Wildman–Crippen LogP) is 3.77. The van der Waals surface area contributed by atoms with E-state index in [0.29, 0.717) is 41.7 Å². The summed E-state index contributed by atoms with van der Waals surface area (Å²) in [5, 5.41) is 8.86. The molecule has 2 aromatic carbocycles. The summed E-state index contributed by atoms with van der Waals surface area (Å²) in [5.41, 5.74) is 2.27. The van der Waals surface area contributed by atoms with Crippen molar-refractivity contribution in [3.05, 3.63) is 65.4 Å². The molecule has 170 valence electrons. The number of rotatable bonds is 10. The molecule has 1 atom stereocenters. The van der Waals surface area contributed by atoms with Crippen molar-refractivity contribution >= 4 is 17.7 Å². The number of hydrogen-bond acceptors (Lipinski definition) is 6. The van der Waals surface area contributed by atoms with Crippen LogP contribution in [0.4, 0.5) is 10.5 Å². The molecule has 8 heteroatoms. The van der Waals surface area contributed by atoms with E-state index in [0.717, 1.165) is 5.56 Å². The zero-order valence-electron chi connectivity index (χ0n) is 18.6. The van der Waals surface area contributed by atoms with Gasteiger partial charge >= 0.3 is 12.0 Å². The Balaban J connectivity index is 1.96. The molecule has 8 nitrogen and oxygen atoms in total. The lowest BCUT2D eigenvalue weighted by atomic mass is 9.95. The van der Waals surface area contributed by atoms with Gasteiger partial charge in [-0.15, -0.1) is 0 Å². The molecule has 1 heterocycles. The van der Waals surface area contributed by atoms with Crippen LogP contribution < -0.4 is 25.4 Å². The average Bonchev–Trinajstić information content (AvgIpc) is 2.79. The summed E-state index contributed by atoms with van der Waals surface area (Å²) in [6.07, 6.45) is 0. The Bertz CT molecular complexity index is 975. The van der Waals surface area contributed by atoms with Crippen LogP contribution in [0.25, 0.3) is 0 Å². The minimum atomic E-state index is -0.623. The summed E-state index contributed by atoms with van der Waals surface area (Å²) in [6.45, 7) is 7.00. The second-order valence-corrected chi connectivity index (χ2v) is 6.93. The topological polar surface area (TPSA) is 97.9 Å². The van der Waals surface area contributed by atoms with Gasteiger partial charge in [-0.3, -0.25) is 0 Å². The summed E-state index contributed by atoms with van der Waals surface area (Å²) in [7, 11) is 0. The maximum atomic E-state index is 12.9. The lowest BCUT2D eigenvalue weighted by Gasteiger charge is -2.29.